The van der Waals surface area contributed by atoms with Crippen molar-refractivity contribution in [3.8, 4) is 0 Å². The third-order valence-electron chi connectivity index (χ3n) is 6.45. The molecule has 1 saturated heterocycles. The number of hydrogen-bond acceptors (Lipinski definition) is 2. The van der Waals surface area contributed by atoms with Crippen LogP contribution in [-0.2, 0) is 4.74 Å². The molecular weight excluding hydrogens is 258 g/mol. The van der Waals surface area contributed by atoms with Crippen molar-refractivity contribution in [2.75, 3.05) is 19.7 Å². The van der Waals surface area contributed by atoms with E-state index in [9.17, 15) is 0 Å². The minimum atomic E-state index is 0.307. The van der Waals surface area contributed by atoms with Crippen LogP contribution in [0.15, 0.2) is 0 Å². The van der Waals surface area contributed by atoms with Gasteiger partial charge in [0.1, 0.15) is 0 Å². The molecule has 2 heteroatoms. The first-order valence-electron chi connectivity index (χ1n) is 9.68. The summed E-state index contributed by atoms with van der Waals surface area (Å²) in [5.74, 6) is 2.86. The largest absolute Gasteiger partial charge is 0.375 e. The monoisotopic (exact) mass is 293 g/mol. The van der Waals surface area contributed by atoms with Crippen molar-refractivity contribution in [2.24, 2.45) is 17.8 Å². The van der Waals surface area contributed by atoms with Gasteiger partial charge in [-0.25, -0.2) is 0 Å². The average molecular weight is 293 g/mol. The first kappa shape index (κ1) is 15.8. The van der Waals surface area contributed by atoms with E-state index in [1.54, 1.807) is 0 Å². The van der Waals surface area contributed by atoms with Gasteiger partial charge in [-0.15, -0.1) is 0 Å². The summed E-state index contributed by atoms with van der Waals surface area (Å²) in [6.45, 7) is 5.77. The fourth-order valence-electron chi connectivity index (χ4n) is 5.37. The lowest BCUT2D eigenvalue weighted by molar-refractivity contribution is -0.108. The van der Waals surface area contributed by atoms with Crippen molar-refractivity contribution >= 4 is 0 Å². The molecule has 0 bridgehead atoms. The lowest BCUT2D eigenvalue weighted by Gasteiger charge is -2.45. The molecule has 3 atom stereocenters. The van der Waals surface area contributed by atoms with Gasteiger partial charge in [0.05, 0.1) is 5.60 Å². The first-order chi connectivity index (χ1) is 10.3. The summed E-state index contributed by atoms with van der Waals surface area (Å²) in [4.78, 5) is 0. The molecule has 3 aliphatic rings. The van der Waals surface area contributed by atoms with E-state index >= 15 is 0 Å². The Kier molecular flexibility index (Phi) is 5.61. The van der Waals surface area contributed by atoms with Gasteiger partial charge in [0.15, 0.2) is 0 Å². The number of nitrogens with one attached hydrogen (secondary N) is 1. The van der Waals surface area contributed by atoms with Crippen LogP contribution >= 0.6 is 0 Å². The van der Waals surface area contributed by atoms with Crippen LogP contribution in [0.25, 0.3) is 0 Å². The Morgan fingerprint density at radius 1 is 1.05 bits per heavy atom. The molecule has 0 amide bonds. The fourth-order valence-corrected chi connectivity index (χ4v) is 5.37. The van der Waals surface area contributed by atoms with Gasteiger partial charge in [-0.1, -0.05) is 32.6 Å². The van der Waals surface area contributed by atoms with Crippen molar-refractivity contribution < 1.29 is 4.74 Å². The predicted octanol–water partition coefficient (Wildman–Crippen LogP) is 4.53. The van der Waals surface area contributed by atoms with E-state index in [2.05, 4.69) is 12.2 Å². The summed E-state index contributed by atoms with van der Waals surface area (Å²) in [7, 11) is 0. The maximum absolute atomic E-state index is 6.27. The van der Waals surface area contributed by atoms with Crippen molar-refractivity contribution in [3.05, 3.63) is 0 Å². The number of ether oxygens (including phenoxy) is 1. The zero-order valence-corrected chi connectivity index (χ0v) is 14.0. The Hall–Kier alpha value is -0.0800. The van der Waals surface area contributed by atoms with Crippen LogP contribution in [0.4, 0.5) is 0 Å². The molecule has 0 aromatic carbocycles. The average Bonchev–Trinajstić information content (AvgIpc) is 2.96. The van der Waals surface area contributed by atoms with Crippen LogP contribution in [0, 0.1) is 17.8 Å². The molecule has 3 rings (SSSR count). The highest BCUT2D eigenvalue weighted by Gasteiger charge is 2.43. The van der Waals surface area contributed by atoms with Gasteiger partial charge in [0.2, 0.25) is 0 Å². The van der Waals surface area contributed by atoms with E-state index < -0.39 is 0 Å². The van der Waals surface area contributed by atoms with Crippen LogP contribution < -0.4 is 5.32 Å². The van der Waals surface area contributed by atoms with Gasteiger partial charge >= 0.3 is 0 Å². The number of hydrogen-bond donors (Lipinski definition) is 1. The molecule has 1 heterocycles. The molecule has 0 radical (unpaired) electrons. The highest BCUT2D eigenvalue weighted by Crippen LogP contribution is 2.47. The van der Waals surface area contributed by atoms with Crippen LogP contribution in [0.5, 0.6) is 0 Å². The van der Waals surface area contributed by atoms with Crippen LogP contribution in [0.2, 0.25) is 0 Å². The maximum atomic E-state index is 6.27. The zero-order chi connectivity index (χ0) is 14.5. The molecule has 1 spiro atoms. The van der Waals surface area contributed by atoms with Crippen molar-refractivity contribution in [2.45, 2.75) is 83.2 Å². The van der Waals surface area contributed by atoms with E-state index in [0.717, 1.165) is 24.4 Å². The molecule has 3 fully saturated rings. The molecule has 0 aromatic heterocycles. The molecular formula is C19H35NO. The Bertz CT molecular complexity index is 311. The van der Waals surface area contributed by atoms with Crippen LogP contribution in [0.1, 0.15) is 77.6 Å². The first-order valence-corrected chi connectivity index (χ1v) is 9.68. The van der Waals surface area contributed by atoms with Gasteiger partial charge in [0, 0.05) is 6.61 Å². The molecule has 3 unspecified atom stereocenters. The van der Waals surface area contributed by atoms with E-state index in [-0.39, 0.29) is 0 Å². The Balaban J connectivity index is 1.59. The summed E-state index contributed by atoms with van der Waals surface area (Å²) >= 11 is 0. The third kappa shape index (κ3) is 3.82. The number of rotatable bonds is 5. The normalized spacial score (nSPS) is 36.1. The van der Waals surface area contributed by atoms with Crippen molar-refractivity contribution in [3.63, 3.8) is 0 Å². The minimum Gasteiger partial charge on any atom is -0.375 e. The lowest BCUT2D eigenvalue weighted by Crippen LogP contribution is -2.43. The minimum absolute atomic E-state index is 0.307. The van der Waals surface area contributed by atoms with Crippen LogP contribution in [-0.4, -0.2) is 25.3 Å². The molecule has 122 valence electrons. The van der Waals surface area contributed by atoms with Gasteiger partial charge in [-0.05, 0) is 75.8 Å². The van der Waals surface area contributed by atoms with E-state index in [4.69, 9.17) is 4.74 Å². The summed E-state index contributed by atoms with van der Waals surface area (Å²) < 4.78 is 6.27. The smallest absolute Gasteiger partial charge is 0.0685 e. The van der Waals surface area contributed by atoms with E-state index in [1.807, 2.05) is 0 Å². The summed E-state index contributed by atoms with van der Waals surface area (Å²) in [5.41, 5.74) is 0.307. The van der Waals surface area contributed by atoms with Crippen molar-refractivity contribution in [1.82, 2.24) is 5.32 Å². The Morgan fingerprint density at radius 3 is 2.67 bits per heavy atom. The molecule has 1 aliphatic heterocycles. The molecule has 2 aliphatic carbocycles. The van der Waals surface area contributed by atoms with E-state index in [1.165, 1.54) is 83.7 Å². The summed E-state index contributed by atoms with van der Waals surface area (Å²) in [6.07, 6.45) is 15.3. The Morgan fingerprint density at radius 2 is 1.86 bits per heavy atom. The second-order valence-electron chi connectivity index (χ2n) is 7.90. The summed E-state index contributed by atoms with van der Waals surface area (Å²) in [5, 5.41) is 3.70. The fraction of sp³-hybridized carbons (Fsp3) is 1.00. The molecule has 2 saturated carbocycles. The van der Waals surface area contributed by atoms with Gasteiger partial charge in [-0.3, -0.25) is 0 Å². The quantitative estimate of drug-likeness (QED) is 0.752. The SMILES string of the molecule is CCCNCC1CCCCC1C1CCOC2(CCCC2)C1. The molecule has 2 nitrogen and oxygen atoms in total. The topological polar surface area (TPSA) is 21.3 Å². The standard InChI is InChI=1S/C19H35NO/c1-2-12-20-15-17-7-3-4-8-18(17)16-9-13-21-19(14-16)10-5-6-11-19/h16-18,20H,2-15H2,1H3. The van der Waals surface area contributed by atoms with E-state index in [0.29, 0.717) is 5.60 Å². The summed E-state index contributed by atoms with van der Waals surface area (Å²) in [6, 6.07) is 0. The van der Waals surface area contributed by atoms with Crippen LogP contribution in [0.3, 0.4) is 0 Å². The second-order valence-corrected chi connectivity index (χ2v) is 7.90. The maximum Gasteiger partial charge on any atom is 0.0685 e. The van der Waals surface area contributed by atoms with Gasteiger partial charge < -0.3 is 10.1 Å². The lowest BCUT2D eigenvalue weighted by atomic mass is 9.67. The highest BCUT2D eigenvalue weighted by atomic mass is 16.5. The molecule has 21 heavy (non-hydrogen) atoms. The Labute approximate surface area is 131 Å². The second kappa shape index (κ2) is 7.46. The third-order valence-corrected chi connectivity index (χ3v) is 6.45. The molecule has 1 N–H and O–H groups in total. The highest BCUT2D eigenvalue weighted by molar-refractivity contribution is 4.94. The van der Waals surface area contributed by atoms with Gasteiger partial charge in [0.25, 0.3) is 0 Å². The van der Waals surface area contributed by atoms with Crippen molar-refractivity contribution in [1.29, 1.82) is 0 Å². The van der Waals surface area contributed by atoms with Gasteiger partial charge in [-0.2, -0.15) is 0 Å². The molecule has 0 aromatic rings. The predicted molar refractivity (Wildman–Crippen MR) is 88.5 cm³/mol. The zero-order valence-electron chi connectivity index (χ0n) is 14.0.